The van der Waals surface area contributed by atoms with Crippen LogP contribution in [0.3, 0.4) is 0 Å². The summed E-state index contributed by atoms with van der Waals surface area (Å²) in [7, 11) is 0. The third kappa shape index (κ3) is 4.63. The molecule has 1 aliphatic carbocycles. The number of alkyl halides is 3. The van der Waals surface area contributed by atoms with E-state index < -0.39 is 17.3 Å². The second kappa shape index (κ2) is 8.30. The first kappa shape index (κ1) is 20.7. The van der Waals surface area contributed by atoms with Crippen LogP contribution in [-0.4, -0.2) is 28.2 Å². The second-order valence-electron chi connectivity index (χ2n) is 7.71. The zero-order chi connectivity index (χ0) is 22.0. The van der Waals surface area contributed by atoms with Crippen LogP contribution in [0.25, 0.3) is 10.9 Å². The van der Waals surface area contributed by atoms with Gasteiger partial charge in [-0.15, -0.1) is 0 Å². The Morgan fingerprint density at radius 3 is 2.55 bits per heavy atom. The number of anilines is 1. The van der Waals surface area contributed by atoms with Crippen LogP contribution < -0.4 is 10.6 Å². The third-order valence-electron chi connectivity index (χ3n) is 5.58. The quantitative estimate of drug-likeness (QED) is 0.567. The molecule has 31 heavy (non-hydrogen) atoms. The van der Waals surface area contributed by atoms with Gasteiger partial charge in [0.15, 0.2) is 0 Å². The molecular formula is C22H20F3N5O. The zero-order valence-electron chi connectivity index (χ0n) is 16.5. The van der Waals surface area contributed by atoms with E-state index in [1.807, 2.05) is 6.07 Å². The fourth-order valence-electron chi connectivity index (χ4n) is 3.94. The molecule has 9 heteroatoms. The summed E-state index contributed by atoms with van der Waals surface area (Å²) in [5, 5.41) is 22.7. The normalized spacial score (nSPS) is 19.0. The highest BCUT2D eigenvalue weighted by atomic mass is 19.4. The molecule has 0 atom stereocenters. The van der Waals surface area contributed by atoms with E-state index >= 15 is 0 Å². The SMILES string of the molecule is N#Cc1ccc(N[C@H]2CC[C@@H](NC(=O)c3ccc4[nH]ncc4c3)CC2)cc1C(F)(F)F. The Balaban J connectivity index is 1.33. The van der Waals surface area contributed by atoms with Crippen LogP contribution in [-0.2, 0) is 6.18 Å². The number of nitrogens with one attached hydrogen (secondary N) is 3. The highest BCUT2D eigenvalue weighted by Crippen LogP contribution is 2.34. The van der Waals surface area contributed by atoms with E-state index in [2.05, 4.69) is 20.8 Å². The Morgan fingerprint density at radius 2 is 1.84 bits per heavy atom. The number of H-pyrrole nitrogens is 1. The van der Waals surface area contributed by atoms with Crippen molar-refractivity contribution in [2.75, 3.05) is 5.32 Å². The molecule has 0 radical (unpaired) electrons. The number of nitriles is 1. The molecule has 1 heterocycles. The van der Waals surface area contributed by atoms with E-state index in [0.717, 1.165) is 29.8 Å². The topological polar surface area (TPSA) is 93.6 Å². The van der Waals surface area contributed by atoms with Crippen molar-refractivity contribution < 1.29 is 18.0 Å². The van der Waals surface area contributed by atoms with Gasteiger partial charge < -0.3 is 10.6 Å². The molecule has 0 bridgehead atoms. The van der Waals surface area contributed by atoms with Crippen molar-refractivity contribution >= 4 is 22.5 Å². The van der Waals surface area contributed by atoms with Crippen LogP contribution in [0.15, 0.2) is 42.6 Å². The minimum Gasteiger partial charge on any atom is -0.382 e. The summed E-state index contributed by atoms with van der Waals surface area (Å²) in [6.45, 7) is 0. The summed E-state index contributed by atoms with van der Waals surface area (Å²) < 4.78 is 39.5. The lowest BCUT2D eigenvalue weighted by Crippen LogP contribution is -2.40. The molecule has 3 N–H and O–H groups in total. The predicted molar refractivity (Wildman–Crippen MR) is 109 cm³/mol. The van der Waals surface area contributed by atoms with Gasteiger partial charge in [-0.1, -0.05) is 0 Å². The Hall–Kier alpha value is -3.54. The van der Waals surface area contributed by atoms with Crippen LogP contribution in [0.4, 0.5) is 18.9 Å². The Kier molecular flexibility index (Phi) is 5.55. The lowest BCUT2D eigenvalue weighted by Gasteiger charge is -2.30. The molecule has 1 fully saturated rings. The van der Waals surface area contributed by atoms with Gasteiger partial charge in [0, 0.05) is 28.7 Å². The highest BCUT2D eigenvalue weighted by Gasteiger charge is 2.34. The molecule has 1 aliphatic rings. The van der Waals surface area contributed by atoms with Gasteiger partial charge >= 0.3 is 6.18 Å². The van der Waals surface area contributed by atoms with E-state index in [-0.39, 0.29) is 18.0 Å². The number of aromatic amines is 1. The van der Waals surface area contributed by atoms with E-state index in [0.29, 0.717) is 24.1 Å². The number of benzene rings is 2. The summed E-state index contributed by atoms with van der Waals surface area (Å²) in [6.07, 6.45) is -0.0415. The van der Waals surface area contributed by atoms with Crippen LogP contribution in [0.2, 0.25) is 0 Å². The molecule has 0 aliphatic heterocycles. The fourth-order valence-corrected chi connectivity index (χ4v) is 3.94. The molecule has 160 valence electrons. The Morgan fingerprint density at radius 1 is 1.10 bits per heavy atom. The van der Waals surface area contributed by atoms with Gasteiger partial charge in [-0.25, -0.2) is 0 Å². The van der Waals surface area contributed by atoms with Crippen molar-refractivity contribution in [1.82, 2.24) is 15.5 Å². The van der Waals surface area contributed by atoms with Crippen LogP contribution in [0.1, 0.15) is 47.2 Å². The van der Waals surface area contributed by atoms with Gasteiger partial charge in [0.25, 0.3) is 5.91 Å². The maximum absolute atomic E-state index is 13.2. The van der Waals surface area contributed by atoms with Gasteiger partial charge in [-0.3, -0.25) is 9.89 Å². The Labute approximate surface area is 176 Å². The summed E-state index contributed by atoms with van der Waals surface area (Å²) in [6, 6.07) is 10.6. The molecule has 0 unspecified atom stereocenters. The summed E-state index contributed by atoms with van der Waals surface area (Å²) in [5.74, 6) is -0.151. The van der Waals surface area contributed by atoms with E-state index in [1.54, 1.807) is 24.4 Å². The Bertz CT molecular complexity index is 1140. The largest absolute Gasteiger partial charge is 0.417 e. The van der Waals surface area contributed by atoms with Crippen molar-refractivity contribution in [3.63, 3.8) is 0 Å². The van der Waals surface area contributed by atoms with Crippen LogP contribution >= 0.6 is 0 Å². The van der Waals surface area contributed by atoms with Crippen molar-refractivity contribution in [2.24, 2.45) is 0 Å². The van der Waals surface area contributed by atoms with Gasteiger partial charge in [0.2, 0.25) is 0 Å². The number of aromatic nitrogens is 2. The van der Waals surface area contributed by atoms with Crippen molar-refractivity contribution in [3.8, 4) is 6.07 Å². The number of nitrogens with zero attached hydrogens (tertiary/aromatic N) is 2. The van der Waals surface area contributed by atoms with Crippen LogP contribution in [0.5, 0.6) is 0 Å². The van der Waals surface area contributed by atoms with Crippen molar-refractivity contribution in [1.29, 1.82) is 5.26 Å². The van der Waals surface area contributed by atoms with Gasteiger partial charge in [-0.2, -0.15) is 23.5 Å². The number of amides is 1. The molecule has 0 spiro atoms. The van der Waals surface area contributed by atoms with Crippen LogP contribution in [0, 0.1) is 11.3 Å². The standard InChI is InChI=1S/C22H20F3N5O/c23-22(24,25)19-10-18(3-1-14(19)11-26)28-16-4-6-17(7-5-16)29-21(31)13-2-8-20-15(9-13)12-27-30-20/h1-3,8-10,12,16-17,28H,4-7H2,(H,27,30)(H,29,31)/t16-,17+. The molecule has 2 aromatic carbocycles. The molecule has 4 rings (SSSR count). The first-order valence-corrected chi connectivity index (χ1v) is 9.95. The molecule has 0 saturated heterocycles. The first-order valence-electron chi connectivity index (χ1n) is 9.95. The monoisotopic (exact) mass is 427 g/mol. The average Bonchev–Trinajstić information content (AvgIpc) is 3.22. The lowest BCUT2D eigenvalue weighted by atomic mass is 9.90. The smallest absolute Gasteiger partial charge is 0.382 e. The minimum absolute atomic E-state index is 0.00412. The molecule has 3 aromatic rings. The molecule has 1 amide bonds. The summed E-state index contributed by atoms with van der Waals surface area (Å²) in [5.41, 5.74) is 0.437. The number of fused-ring (bicyclic) bond motifs is 1. The summed E-state index contributed by atoms with van der Waals surface area (Å²) in [4.78, 5) is 12.6. The fraction of sp³-hybridized carbons (Fsp3) is 0.318. The predicted octanol–water partition coefficient (Wildman–Crippen LogP) is 4.61. The van der Waals surface area contributed by atoms with Crippen molar-refractivity contribution in [2.45, 2.75) is 43.9 Å². The number of rotatable bonds is 4. The molecule has 6 nitrogen and oxygen atoms in total. The minimum atomic E-state index is -4.58. The first-order chi connectivity index (χ1) is 14.8. The average molecular weight is 427 g/mol. The lowest BCUT2D eigenvalue weighted by molar-refractivity contribution is -0.137. The molecule has 1 aromatic heterocycles. The highest BCUT2D eigenvalue weighted by molar-refractivity contribution is 5.98. The zero-order valence-corrected chi connectivity index (χ0v) is 16.5. The number of carbonyl (C=O) groups is 1. The number of hydrogen-bond donors (Lipinski definition) is 3. The van der Waals surface area contributed by atoms with E-state index in [4.69, 9.17) is 5.26 Å². The van der Waals surface area contributed by atoms with E-state index in [1.165, 1.54) is 12.1 Å². The number of halogens is 3. The maximum Gasteiger partial charge on any atom is 0.417 e. The second-order valence-corrected chi connectivity index (χ2v) is 7.71. The van der Waals surface area contributed by atoms with Crippen molar-refractivity contribution in [3.05, 3.63) is 59.3 Å². The van der Waals surface area contributed by atoms with Gasteiger partial charge in [-0.05, 0) is 62.1 Å². The van der Waals surface area contributed by atoms with Gasteiger partial charge in [0.05, 0.1) is 28.9 Å². The summed E-state index contributed by atoms with van der Waals surface area (Å²) >= 11 is 0. The number of carbonyl (C=O) groups excluding carboxylic acids is 1. The molecule has 1 saturated carbocycles. The van der Waals surface area contributed by atoms with E-state index in [9.17, 15) is 18.0 Å². The third-order valence-corrected chi connectivity index (χ3v) is 5.58. The maximum atomic E-state index is 13.2. The van der Waals surface area contributed by atoms with Gasteiger partial charge in [0.1, 0.15) is 0 Å². The number of hydrogen-bond acceptors (Lipinski definition) is 4. The molecular weight excluding hydrogens is 407 g/mol.